The van der Waals surface area contributed by atoms with Crippen LogP contribution in [0.5, 0.6) is 5.75 Å². The van der Waals surface area contributed by atoms with Crippen LogP contribution in [0.25, 0.3) is 0 Å². The number of benzene rings is 2. The first-order chi connectivity index (χ1) is 11.1. The quantitative estimate of drug-likeness (QED) is 0.680. The minimum Gasteiger partial charge on any atom is -0.497 e. The van der Waals surface area contributed by atoms with Crippen LogP contribution >= 0.6 is 12.4 Å². The van der Waals surface area contributed by atoms with Gasteiger partial charge in [0.05, 0.1) is 18.9 Å². The van der Waals surface area contributed by atoms with Gasteiger partial charge in [-0.25, -0.2) is 0 Å². The van der Waals surface area contributed by atoms with E-state index in [1.54, 1.807) is 13.3 Å². The van der Waals surface area contributed by atoms with Gasteiger partial charge in [-0.3, -0.25) is 10.4 Å². The Kier molecular flexibility index (Phi) is 5.62. The van der Waals surface area contributed by atoms with Gasteiger partial charge < -0.3 is 4.74 Å². The van der Waals surface area contributed by atoms with E-state index in [0.29, 0.717) is 0 Å². The lowest BCUT2D eigenvalue weighted by Gasteiger charge is -2.28. The predicted octanol–water partition coefficient (Wildman–Crippen LogP) is 3.82. The molecule has 4 nitrogen and oxygen atoms in total. The van der Waals surface area contributed by atoms with Crippen LogP contribution in [0.1, 0.15) is 30.5 Å². The molecule has 1 N–H and O–H groups in total. The lowest BCUT2D eigenvalue weighted by molar-refractivity contribution is 0.415. The molecule has 126 valence electrons. The number of ether oxygens (including phenoxy) is 1. The van der Waals surface area contributed by atoms with E-state index in [4.69, 9.17) is 9.73 Å². The minimum atomic E-state index is -0.119. The van der Waals surface area contributed by atoms with E-state index in [2.05, 4.69) is 42.6 Å². The van der Waals surface area contributed by atoms with Gasteiger partial charge in [0.1, 0.15) is 11.6 Å². The standard InChI is InChI=1S/C19H21N3O.ClH/c1-19(2)12-15-6-4-5-7-17(15)18(21-19)22-20-13-14-8-10-16(23-3)11-9-14;/h4-11,13H,12H2,1-3H3,(H,21,22);1H/b20-13+;. The summed E-state index contributed by atoms with van der Waals surface area (Å²) in [4.78, 5) is 4.79. The Morgan fingerprint density at radius 2 is 1.83 bits per heavy atom. The third-order valence-corrected chi connectivity index (χ3v) is 3.81. The molecule has 0 radical (unpaired) electrons. The smallest absolute Gasteiger partial charge is 0.149 e. The first-order valence-corrected chi connectivity index (χ1v) is 7.69. The van der Waals surface area contributed by atoms with Gasteiger partial charge in [-0.15, -0.1) is 12.4 Å². The van der Waals surface area contributed by atoms with Crippen molar-refractivity contribution < 1.29 is 4.74 Å². The Hall–Kier alpha value is -2.33. The summed E-state index contributed by atoms with van der Waals surface area (Å²) in [5, 5.41) is 4.34. The second-order valence-corrected chi connectivity index (χ2v) is 6.25. The van der Waals surface area contributed by atoms with E-state index in [-0.39, 0.29) is 17.9 Å². The Morgan fingerprint density at radius 3 is 2.54 bits per heavy atom. The summed E-state index contributed by atoms with van der Waals surface area (Å²) in [6.07, 6.45) is 2.72. The number of hydrazone groups is 1. The second-order valence-electron chi connectivity index (χ2n) is 6.25. The molecule has 1 aliphatic rings. The highest BCUT2D eigenvalue weighted by molar-refractivity contribution is 6.01. The normalized spacial score (nSPS) is 15.2. The van der Waals surface area contributed by atoms with Crippen molar-refractivity contribution in [1.82, 2.24) is 5.43 Å². The van der Waals surface area contributed by atoms with Crippen LogP contribution < -0.4 is 10.2 Å². The van der Waals surface area contributed by atoms with Crippen molar-refractivity contribution in [3.8, 4) is 5.75 Å². The molecule has 3 rings (SSSR count). The molecule has 0 saturated carbocycles. The number of hydrogen-bond acceptors (Lipinski definition) is 4. The molecule has 0 fully saturated rings. The molecule has 2 aromatic carbocycles. The Morgan fingerprint density at radius 1 is 1.12 bits per heavy atom. The third-order valence-electron chi connectivity index (χ3n) is 3.81. The van der Waals surface area contributed by atoms with Crippen LogP contribution in [0.2, 0.25) is 0 Å². The molecule has 5 heteroatoms. The molecule has 0 aliphatic carbocycles. The first-order valence-electron chi connectivity index (χ1n) is 7.69. The van der Waals surface area contributed by atoms with Crippen LogP contribution in [0, 0.1) is 0 Å². The van der Waals surface area contributed by atoms with E-state index >= 15 is 0 Å². The van der Waals surface area contributed by atoms with Crippen LogP contribution in [0.3, 0.4) is 0 Å². The topological polar surface area (TPSA) is 46.0 Å². The lowest BCUT2D eigenvalue weighted by atomic mass is 9.89. The van der Waals surface area contributed by atoms with Crippen molar-refractivity contribution in [2.24, 2.45) is 10.1 Å². The fourth-order valence-corrected chi connectivity index (χ4v) is 2.72. The second kappa shape index (κ2) is 7.49. The minimum absolute atomic E-state index is 0. The fraction of sp³-hybridized carbons (Fsp3) is 0.263. The Balaban J connectivity index is 0.00000208. The first kappa shape index (κ1) is 18.0. The van der Waals surface area contributed by atoms with Gasteiger partial charge >= 0.3 is 0 Å². The maximum atomic E-state index is 5.15. The lowest BCUT2D eigenvalue weighted by Crippen LogP contribution is -2.34. The molecule has 0 spiro atoms. The van der Waals surface area contributed by atoms with Crippen molar-refractivity contribution >= 4 is 24.5 Å². The summed E-state index contributed by atoms with van der Waals surface area (Å²) in [7, 11) is 1.66. The van der Waals surface area contributed by atoms with E-state index in [9.17, 15) is 0 Å². The molecule has 0 aromatic heterocycles. The highest BCUT2D eigenvalue weighted by atomic mass is 35.5. The van der Waals surface area contributed by atoms with Crippen molar-refractivity contribution in [2.45, 2.75) is 25.8 Å². The molecule has 0 unspecified atom stereocenters. The maximum absolute atomic E-state index is 5.15. The maximum Gasteiger partial charge on any atom is 0.149 e. The zero-order valence-electron chi connectivity index (χ0n) is 14.1. The molecule has 1 aliphatic heterocycles. The van der Waals surface area contributed by atoms with Crippen molar-refractivity contribution in [1.29, 1.82) is 0 Å². The summed E-state index contributed by atoms with van der Waals surface area (Å²) < 4.78 is 5.15. The number of rotatable bonds is 3. The van der Waals surface area contributed by atoms with Crippen LogP contribution in [-0.4, -0.2) is 24.7 Å². The molecule has 0 bridgehead atoms. The van der Waals surface area contributed by atoms with Gasteiger partial charge in [0, 0.05) is 5.56 Å². The summed E-state index contributed by atoms with van der Waals surface area (Å²) in [5.74, 6) is 1.66. The molecule has 24 heavy (non-hydrogen) atoms. The molecular weight excluding hydrogens is 322 g/mol. The average molecular weight is 344 g/mol. The SMILES string of the molecule is COc1ccc(/C=N/NC2=NC(C)(C)Cc3ccccc32)cc1.Cl. The number of fused-ring (bicyclic) bond motifs is 1. The number of amidine groups is 1. The molecular formula is C19H22ClN3O. The van der Waals surface area contributed by atoms with Gasteiger partial charge in [0.15, 0.2) is 0 Å². The van der Waals surface area contributed by atoms with Crippen molar-refractivity contribution in [3.63, 3.8) is 0 Å². The Bertz CT molecular complexity index is 751. The third kappa shape index (κ3) is 4.15. The van der Waals surface area contributed by atoms with E-state index < -0.39 is 0 Å². The molecule has 2 aromatic rings. The zero-order valence-corrected chi connectivity index (χ0v) is 14.9. The van der Waals surface area contributed by atoms with Crippen molar-refractivity contribution in [2.75, 3.05) is 7.11 Å². The van der Waals surface area contributed by atoms with E-state index in [0.717, 1.165) is 29.1 Å². The van der Waals surface area contributed by atoms with Gasteiger partial charge in [0.25, 0.3) is 0 Å². The van der Waals surface area contributed by atoms with E-state index in [1.165, 1.54) is 5.56 Å². The fourth-order valence-electron chi connectivity index (χ4n) is 2.72. The number of nitrogens with zero attached hydrogens (tertiary/aromatic N) is 2. The molecule has 0 amide bonds. The largest absolute Gasteiger partial charge is 0.497 e. The summed E-state index contributed by atoms with van der Waals surface area (Å²) >= 11 is 0. The number of hydrogen-bond donors (Lipinski definition) is 1. The van der Waals surface area contributed by atoms with Crippen LogP contribution in [0.4, 0.5) is 0 Å². The van der Waals surface area contributed by atoms with Gasteiger partial charge in [-0.1, -0.05) is 24.3 Å². The predicted molar refractivity (Wildman–Crippen MR) is 102 cm³/mol. The Labute approximate surface area is 149 Å². The summed E-state index contributed by atoms with van der Waals surface area (Å²) in [6.45, 7) is 4.27. The zero-order chi connectivity index (χ0) is 16.3. The number of halogens is 1. The highest BCUT2D eigenvalue weighted by Gasteiger charge is 2.26. The highest BCUT2D eigenvalue weighted by Crippen LogP contribution is 2.25. The summed E-state index contributed by atoms with van der Waals surface area (Å²) in [6, 6.07) is 16.1. The van der Waals surface area contributed by atoms with Gasteiger partial charge in [-0.05, 0) is 55.7 Å². The van der Waals surface area contributed by atoms with Gasteiger partial charge in [0.2, 0.25) is 0 Å². The van der Waals surface area contributed by atoms with Crippen LogP contribution in [-0.2, 0) is 6.42 Å². The molecule has 1 heterocycles. The van der Waals surface area contributed by atoms with Crippen LogP contribution in [0.15, 0.2) is 58.6 Å². The number of aliphatic imine (C=N–C) groups is 1. The molecule has 0 saturated heterocycles. The number of nitrogens with one attached hydrogen (secondary N) is 1. The van der Waals surface area contributed by atoms with Gasteiger partial charge in [-0.2, -0.15) is 5.10 Å². The average Bonchev–Trinajstić information content (AvgIpc) is 2.54. The molecule has 0 atom stereocenters. The summed E-state index contributed by atoms with van der Waals surface area (Å²) in [5.41, 5.74) is 6.41. The van der Waals surface area contributed by atoms with Crippen molar-refractivity contribution in [3.05, 3.63) is 65.2 Å². The number of methoxy groups -OCH3 is 1. The van der Waals surface area contributed by atoms with E-state index in [1.807, 2.05) is 30.3 Å². The monoisotopic (exact) mass is 343 g/mol.